The van der Waals surface area contributed by atoms with E-state index in [9.17, 15) is 14.4 Å². The first-order valence-electron chi connectivity index (χ1n) is 29.8. The lowest BCUT2D eigenvalue weighted by atomic mass is 9.73. The standard InChI is InChI=1S/C68H72N6O7/c1-67(2,3)60-41-49(40-50(75)36-44-22-24-59(52-18-5-4-17-51(44)52)79-34-31-71-29-32-78-33-30-71)74(70-60)48-16-10-13-43(35-48)42-69-65(76)47-21-23-53-56(39-47)68(81-66(53)77)57-37-45-14-6-8-25-72-27-11-19-54(61(45)72)63(57)80-64-55-20-12-28-73-26-9-7-15-46(62(55)73)38-58(64)68/h4-5,10,13,16-18,21-24,35,37-39,41H,6-9,11-12,14-15,19-20,25-34,36,40,42H2,1-3H3,(H,69,76). The number of carbonyl (C=O) groups excluding carboxylic acids is 3. The first kappa shape index (κ1) is 51.7. The Bertz CT molecular complexity index is 3600. The van der Waals surface area contributed by atoms with Crippen LogP contribution in [0.2, 0.25) is 0 Å². The van der Waals surface area contributed by atoms with Crippen LogP contribution in [0.1, 0.15) is 141 Å². The number of nitrogens with one attached hydrogen (secondary N) is 1. The van der Waals surface area contributed by atoms with E-state index in [4.69, 9.17) is 24.0 Å². The van der Waals surface area contributed by atoms with Crippen LogP contribution >= 0.6 is 0 Å². The molecule has 0 radical (unpaired) electrons. The molecule has 14 rings (SSSR count). The van der Waals surface area contributed by atoms with Crippen molar-refractivity contribution in [2.75, 3.05) is 75.4 Å². The summed E-state index contributed by atoms with van der Waals surface area (Å²) >= 11 is 0. The van der Waals surface area contributed by atoms with Crippen molar-refractivity contribution in [3.63, 3.8) is 0 Å². The van der Waals surface area contributed by atoms with Crippen LogP contribution in [0.15, 0.2) is 97.1 Å². The van der Waals surface area contributed by atoms with Gasteiger partial charge in [-0.3, -0.25) is 14.5 Å². The smallest absolute Gasteiger partial charge is 0.340 e. The van der Waals surface area contributed by atoms with Gasteiger partial charge in [-0.2, -0.15) is 5.10 Å². The summed E-state index contributed by atoms with van der Waals surface area (Å²) in [6.45, 7) is 15.5. The van der Waals surface area contributed by atoms with Crippen molar-refractivity contribution in [2.45, 2.75) is 115 Å². The quantitative estimate of drug-likeness (QED) is 0.117. The van der Waals surface area contributed by atoms with Crippen molar-refractivity contribution >= 4 is 39.8 Å². The van der Waals surface area contributed by atoms with Gasteiger partial charge < -0.3 is 34.1 Å². The zero-order chi connectivity index (χ0) is 55.0. The minimum absolute atomic E-state index is 0.0780. The molecule has 1 saturated heterocycles. The second-order valence-corrected chi connectivity index (χ2v) is 24.5. The van der Waals surface area contributed by atoms with Crippen LogP contribution in [0.4, 0.5) is 11.4 Å². The van der Waals surface area contributed by atoms with Crippen molar-refractivity contribution in [3.8, 4) is 22.9 Å². The fourth-order valence-corrected chi connectivity index (χ4v) is 14.2. The molecule has 1 amide bonds. The highest BCUT2D eigenvalue weighted by molar-refractivity contribution is 6.01. The summed E-state index contributed by atoms with van der Waals surface area (Å²) in [4.78, 5) is 51.0. The number of carbonyl (C=O) groups is 3. The molecule has 7 aromatic rings. The number of amides is 1. The number of fused-ring (bicyclic) bond motifs is 9. The number of Topliss-reactive ketones (excluding diaryl/α,β-unsaturated/α-hetero) is 1. The molecule has 0 aliphatic carbocycles. The molecule has 13 nitrogen and oxygen atoms in total. The Morgan fingerprint density at radius 2 is 1.38 bits per heavy atom. The maximum Gasteiger partial charge on any atom is 0.340 e. The number of hydrogen-bond acceptors (Lipinski definition) is 11. The lowest BCUT2D eigenvalue weighted by Crippen LogP contribution is -2.38. The zero-order valence-electron chi connectivity index (χ0n) is 47.1. The minimum Gasteiger partial charge on any atom is -0.492 e. The van der Waals surface area contributed by atoms with Crippen molar-refractivity contribution in [2.24, 2.45) is 0 Å². The highest BCUT2D eigenvalue weighted by atomic mass is 16.6. The highest BCUT2D eigenvalue weighted by Gasteiger charge is 2.56. The fraction of sp³-hybridized carbons (Fsp3) is 0.412. The summed E-state index contributed by atoms with van der Waals surface area (Å²) in [5.74, 6) is 1.90. The Hall–Kier alpha value is -7.48. The van der Waals surface area contributed by atoms with E-state index in [0.717, 1.165) is 191 Å². The largest absolute Gasteiger partial charge is 0.492 e. The van der Waals surface area contributed by atoms with Gasteiger partial charge in [0.1, 0.15) is 29.6 Å². The lowest BCUT2D eigenvalue weighted by molar-refractivity contribution is -0.117. The second kappa shape index (κ2) is 20.8. The second-order valence-electron chi connectivity index (χ2n) is 24.5. The third-order valence-corrected chi connectivity index (χ3v) is 18.2. The summed E-state index contributed by atoms with van der Waals surface area (Å²) in [5.41, 5.74) is 13.7. The molecule has 0 atom stereocenters. The molecule has 1 N–H and O–H groups in total. The van der Waals surface area contributed by atoms with Crippen molar-refractivity contribution in [1.82, 2.24) is 20.0 Å². The first-order chi connectivity index (χ1) is 39.5. The van der Waals surface area contributed by atoms with Gasteiger partial charge in [0.15, 0.2) is 5.60 Å². The summed E-state index contributed by atoms with van der Waals surface area (Å²) in [6, 6.07) is 32.3. The van der Waals surface area contributed by atoms with Crippen LogP contribution in [0.3, 0.4) is 0 Å². The molecule has 8 heterocycles. The zero-order valence-corrected chi connectivity index (χ0v) is 47.1. The highest BCUT2D eigenvalue weighted by Crippen LogP contribution is 2.62. The molecule has 13 heteroatoms. The first-order valence-corrected chi connectivity index (χ1v) is 29.8. The third kappa shape index (κ3) is 9.24. The number of morpholine rings is 1. The Labute approximate surface area is 474 Å². The molecule has 6 aromatic carbocycles. The number of rotatable bonds is 12. The predicted molar refractivity (Wildman–Crippen MR) is 314 cm³/mol. The number of anilines is 2. The van der Waals surface area contributed by atoms with E-state index >= 15 is 0 Å². The van der Waals surface area contributed by atoms with Gasteiger partial charge in [0.25, 0.3) is 5.91 Å². The van der Waals surface area contributed by atoms with Crippen molar-refractivity contribution < 1.29 is 33.3 Å². The molecular formula is C68H72N6O7. The molecule has 1 spiro atoms. The Balaban J connectivity index is 0.751. The fourth-order valence-electron chi connectivity index (χ4n) is 14.2. The molecule has 0 saturated carbocycles. The van der Waals surface area contributed by atoms with E-state index in [1.54, 1.807) is 12.1 Å². The van der Waals surface area contributed by atoms with Crippen molar-refractivity contribution in [3.05, 3.63) is 170 Å². The number of ketones is 1. The van der Waals surface area contributed by atoms with Crippen molar-refractivity contribution in [1.29, 1.82) is 0 Å². The molecule has 7 aliphatic heterocycles. The topological polar surface area (TPSA) is 128 Å². The Morgan fingerprint density at radius 3 is 2.09 bits per heavy atom. The van der Waals surface area contributed by atoms with Gasteiger partial charge in [-0.25, -0.2) is 9.48 Å². The monoisotopic (exact) mass is 1080 g/mol. The molecule has 81 heavy (non-hydrogen) atoms. The van der Waals surface area contributed by atoms with E-state index in [1.165, 1.54) is 33.6 Å². The minimum atomic E-state index is -1.30. The third-order valence-electron chi connectivity index (χ3n) is 18.2. The molecule has 416 valence electrons. The number of nitrogens with zero attached hydrogens (tertiary/aromatic N) is 5. The maximum atomic E-state index is 14.7. The number of esters is 1. The SMILES string of the molecule is CC(C)(C)c1cc(CC(=O)Cc2ccc(OCCN3CCOCC3)c3ccccc23)n(-c2cccc(CNC(=O)c3ccc4c(c3)C3(OC4=O)c4cc5c6c(c4Oc4c3cc3c7c4CCCN7CCCC3)CCCN6CCCC5)c2)n1. The van der Waals surface area contributed by atoms with E-state index in [1.807, 2.05) is 59.3 Å². The van der Waals surface area contributed by atoms with E-state index in [2.05, 4.69) is 71.1 Å². The maximum absolute atomic E-state index is 14.7. The molecule has 1 fully saturated rings. The summed E-state index contributed by atoms with van der Waals surface area (Å²) < 4.78 is 28.1. The van der Waals surface area contributed by atoms with Gasteiger partial charge in [-0.1, -0.05) is 63.2 Å². The summed E-state index contributed by atoms with van der Waals surface area (Å²) in [5, 5.41) is 10.4. The van der Waals surface area contributed by atoms with Gasteiger partial charge in [-0.05, 0) is 146 Å². The molecule has 0 unspecified atom stereocenters. The van der Waals surface area contributed by atoms with Gasteiger partial charge in [0.05, 0.1) is 35.9 Å². The van der Waals surface area contributed by atoms with E-state index in [-0.39, 0.29) is 42.5 Å². The number of hydrogen-bond donors (Lipinski definition) is 1. The van der Waals surface area contributed by atoms with Crippen LogP contribution in [-0.4, -0.2) is 98.0 Å². The van der Waals surface area contributed by atoms with Crippen LogP contribution in [0, 0.1) is 0 Å². The van der Waals surface area contributed by atoms with Crippen LogP contribution in [0.25, 0.3) is 16.5 Å². The Kier molecular flexibility index (Phi) is 13.3. The molecular weight excluding hydrogens is 1010 g/mol. The van der Waals surface area contributed by atoms with E-state index in [0.29, 0.717) is 23.3 Å². The summed E-state index contributed by atoms with van der Waals surface area (Å²) in [7, 11) is 0. The van der Waals surface area contributed by atoms with Gasteiger partial charge in [-0.15, -0.1) is 0 Å². The normalized spacial score (nSPS) is 17.9. The van der Waals surface area contributed by atoms with Gasteiger partial charge >= 0.3 is 5.97 Å². The molecule has 1 aromatic heterocycles. The average molecular weight is 1090 g/mol. The average Bonchev–Trinajstić information content (AvgIpc) is 4.02. The number of ether oxygens (including phenoxy) is 4. The predicted octanol–water partition coefficient (Wildman–Crippen LogP) is 11.1. The van der Waals surface area contributed by atoms with Gasteiger partial charge in [0, 0.05) is 121 Å². The Morgan fingerprint density at radius 1 is 0.691 bits per heavy atom. The summed E-state index contributed by atoms with van der Waals surface area (Å²) in [6.07, 6.45) is 10.6. The van der Waals surface area contributed by atoms with Crippen LogP contribution in [0.5, 0.6) is 17.2 Å². The number of benzene rings is 6. The molecule has 7 aliphatic rings. The number of aryl methyl sites for hydroxylation is 2. The van der Waals surface area contributed by atoms with Crippen LogP contribution < -0.4 is 24.6 Å². The number of aromatic nitrogens is 2. The van der Waals surface area contributed by atoms with Crippen LogP contribution in [-0.2, 0) is 70.4 Å². The van der Waals surface area contributed by atoms with E-state index < -0.39 is 5.60 Å². The molecule has 0 bridgehead atoms. The van der Waals surface area contributed by atoms with Gasteiger partial charge in [0.2, 0.25) is 0 Å². The lowest BCUT2D eigenvalue weighted by Gasteiger charge is -2.43.